The average Bonchev–Trinajstić information content (AvgIpc) is 3.81. The predicted octanol–water partition coefficient (Wildman–Crippen LogP) is 4.87. The molecule has 13 heteroatoms. The molecule has 216 valence electrons. The van der Waals surface area contributed by atoms with Crippen LogP contribution in [0, 0.1) is 11.8 Å². The van der Waals surface area contributed by atoms with E-state index < -0.39 is 0 Å². The fraction of sp³-hybridized carbons (Fsp3) is 0.310. The predicted molar refractivity (Wildman–Crippen MR) is 167 cm³/mol. The summed E-state index contributed by atoms with van der Waals surface area (Å²) < 4.78 is 14.1. The Labute approximate surface area is 256 Å². The molecule has 2 unspecified atom stereocenters. The van der Waals surface area contributed by atoms with E-state index in [0.717, 1.165) is 49.7 Å². The van der Waals surface area contributed by atoms with Gasteiger partial charge in [0.05, 0.1) is 52.1 Å². The van der Waals surface area contributed by atoms with Gasteiger partial charge in [0.25, 0.3) is 0 Å². The number of carbonyl (C=O) groups excluding carboxylic acids is 1. The first-order valence-electron chi connectivity index (χ1n) is 13.4. The van der Waals surface area contributed by atoms with Crippen LogP contribution in [0.5, 0.6) is 0 Å². The number of benzene rings is 1. The molecule has 0 bridgehead atoms. The van der Waals surface area contributed by atoms with E-state index in [-0.39, 0.29) is 30.6 Å². The maximum atomic E-state index is 12.4. The van der Waals surface area contributed by atoms with Crippen LogP contribution in [0.2, 0.25) is 0 Å². The number of anilines is 2. The van der Waals surface area contributed by atoms with Gasteiger partial charge >= 0.3 is 6.09 Å². The quantitative estimate of drug-likeness (QED) is 0.268. The van der Waals surface area contributed by atoms with Crippen molar-refractivity contribution >= 4 is 73.8 Å². The summed E-state index contributed by atoms with van der Waals surface area (Å²) in [5, 5.41) is 10.1. The fourth-order valence-corrected chi connectivity index (χ4v) is 6.54. The Kier molecular flexibility index (Phi) is 8.55. The summed E-state index contributed by atoms with van der Waals surface area (Å²) in [6, 6.07) is 10.4. The number of rotatable bonds is 5. The molecule has 0 aliphatic carbocycles. The number of aromatic nitrogens is 4. The van der Waals surface area contributed by atoms with Gasteiger partial charge in [-0.2, -0.15) is 0 Å². The number of carbonyl (C=O) groups is 1. The van der Waals surface area contributed by atoms with Gasteiger partial charge in [-0.15, -0.1) is 35.1 Å². The van der Waals surface area contributed by atoms with Crippen molar-refractivity contribution in [3.05, 3.63) is 64.3 Å². The minimum absolute atomic E-state index is 0. The highest BCUT2D eigenvalue weighted by Crippen LogP contribution is 2.31. The fourth-order valence-electron chi connectivity index (χ4n) is 5.07. The van der Waals surface area contributed by atoms with Crippen LogP contribution in [0.3, 0.4) is 0 Å². The number of morpholine rings is 1. The number of nitrogens with zero attached hydrogens (tertiary/aromatic N) is 5. The molecule has 2 atom stereocenters. The summed E-state index contributed by atoms with van der Waals surface area (Å²) in [6.07, 6.45) is 3.87. The number of thiophene rings is 1. The van der Waals surface area contributed by atoms with Gasteiger partial charge in [-0.1, -0.05) is 11.8 Å². The number of thiazole rings is 1. The Morgan fingerprint density at radius 2 is 2.10 bits per heavy atom. The van der Waals surface area contributed by atoms with E-state index in [0.29, 0.717) is 39.3 Å². The van der Waals surface area contributed by atoms with E-state index in [4.69, 9.17) is 9.47 Å². The van der Waals surface area contributed by atoms with Crippen LogP contribution in [0.1, 0.15) is 17.0 Å². The van der Waals surface area contributed by atoms with Crippen molar-refractivity contribution in [1.29, 1.82) is 0 Å². The highest BCUT2D eigenvalue weighted by atomic mass is 35.5. The highest BCUT2D eigenvalue weighted by Gasteiger charge is 2.28. The molecular weight excluding hydrogens is 594 g/mol. The molecule has 0 radical (unpaired) electrons. The van der Waals surface area contributed by atoms with Crippen LogP contribution >= 0.6 is 35.1 Å². The van der Waals surface area contributed by atoms with Crippen molar-refractivity contribution in [3.63, 3.8) is 0 Å². The largest absolute Gasteiger partial charge is 0.445 e. The molecule has 2 fully saturated rings. The molecule has 1 aromatic carbocycles. The van der Waals surface area contributed by atoms with E-state index in [1.54, 1.807) is 33.9 Å². The van der Waals surface area contributed by atoms with Crippen molar-refractivity contribution < 1.29 is 14.3 Å². The molecule has 0 spiro atoms. The monoisotopic (exact) mass is 621 g/mol. The van der Waals surface area contributed by atoms with E-state index in [9.17, 15) is 4.79 Å². The first kappa shape index (κ1) is 28.4. The topological polar surface area (TPSA) is 106 Å². The Morgan fingerprint density at radius 3 is 2.95 bits per heavy atom. The summed E-state index contributed by atoms with van der Waals surface area (Å²) in [6.45, 7) is 3.61. The second-order valence-electron chi connectivity index (χ2n) is 9.94. The Morgan fingerprint density at radius 1 is 1.19 bits per heavy atom. The van der Waals surface area contributed by atoms with Gasteiger partial charge in [0.15, 0.2) is 5.82 Å². The maximum absolute atomic E-state index is 12.4. The first-order valence-corrected chi connectivity index (χ1v) is 15.2. The van der Waals surface area contributed by atoms with Crippen LogP contribution in [-0.2, 0) is 16.0 Å². The number of halogens is 1. The maximum Gasteiger partial charge on any atom is 0.410 e. The lowest BCUT2D eigenvalue weighted by Crippen LogP contribution is -2.42. The molecular formula is C29H28ClN7O3S2. The van der Waals surface area contributed by atoms with Crippen molar-refractivity contribution in [2.24, 2.45) is 0 Å². The summed E-state index contributed by atoms with van der Waals surface area (Å²) in [4.78, 5) is 28.4. The SMILES string of the molecule is Cl.O=C(OC1CNC(C#Cc2cc3ncnc(Nc4ccc5c(ccn5Cc5cscn5)c4)c3s2)C1)N1CCOCC1. The molecule has 1 amide bonds. The van der Waals surface area contributed by atoms with Gasteiger partial charge in [-0.3, -0.25) is 5.32 Å². The first-order chi connectivity index (χ1) is 20.2. The molecule has 2 aliphatic heterocycles. The molecule has 0 saturated carbocycles. The van der Waals surface area contributed by atoms with Gasteiger partial charge in [0, 0.05) is 54.2 Å². The third kappa shape index (κ3) is 6.21. The number of hydrogen-bond donors (Lipinski definition) is 2. The lowest BCUT2D eigenvalue weighted by Gasteiger charge is -2.27. The summed E-state index contributed by atoms with van der Waals surface area (Å²) in [7, 11) is 0. The minimum Gasteiger partial charge on any atom is -0.445 e. The average molecular weight is 622 g/mol. The molecule has 2 N–H and O–H groups in total. The molecule has 5 aromatic rings. The van der Waals surface area contributed by atoms with Crippen LogP contribution < -0.4 is 10.6 Å². The van der Waals surface area contributed by atoms with Crippen LogP contribution in [-0.4, -0.2) is 75.5 Å². The van der Waals surface area contributed by atoms with Gasteiger partial charge in [-0.25, -0.2) is 19.7 Å². The van der Waals surface area contributed by atoms with Crippen molar-refractivity contribution in [1.82, 2.24) is 29.7 Å². The van der Waals surface area contributed by atoms with E-state index in [2.05, 4.69) is 77.8 Å². The van der Waals surface area contributed by atoms with Gasteiger partial charge in [0.2, 0.25) is 0 Å². The second-order valence-corrected chi connectivity index (χ2v) is 11.7. The Bertz CT molecular complexity index is 1760. The summed E-state index contributed by atoms with van der Waals surface area (Å²) in [5.74, 6) is 7.34. The number of hydrogen-bond acceptors (Lipinski definition) is 10. The zero-order valence-electron chi connectivity index (χ0n) is 22.5. The standard InChI is InChI=1S/C29H27N7O3S2.ClH/c37-29(35-7-9-38-10-8-35)39-23-12-20(30-14-23)1-3-24-13-25-27(41-24)28(32-17-31-25)34-21-2-4-26-19(11-21)5-6-36(26)15-22-16-40-18-33-22;/h2,4-6,11,13,16-18,20,23,30H,7-10,12,14-15H2,(H,31,32,34);1H. The van der Waals surface area contributed by atoms with Crippen molar-refractivity contribution in [3.8, 4) is 11.8 Å². The van der Waals surface area contributed by atoms with Crippen molar-refractivity contribution in [2.45, 2.75) is 25.1 Å². The van der Waals surface area contributed by atoms with Crippen LogP contribution in [0.4, 0.5) is 16.3 Å². The van der Waals surface area contributed by atoms with E-state index >= 15 is 0 Å². The lowest BCUT2D eigenvalue weighted by molar-refractivity contribution is 0.0156. The van der Waals surface area contributed by atoms with Gasteiger partial charge in [0.1, 0.15) is 12.4 Å². The van der Waals surface area contributed by atoms with E-state index in [1.807, 2.05) is 11.6 Å². The normalized spacial score (nSPS) is 18.4. The molecule has 2 saturated heterocycles. The number of nitrogens with one attached hydrogen (secondary N) is 2. The van der Waals surface area contributed by atoms with Crippen LogP contribution in [0.15, 0.2) is 53.7 Å². The molecule has 2 aliphatic rings. The Balaban J connectivity index is 0.00000316. The summed E-state index contributed by atoms with van der Waals surface area (Å²) in [5.41, 5.74) is 5.89. The molecule has 7 rings (SSSR count). The molecule has 6 heterocycles. The van der Waals surface area contributed by atoms with Gasteiger partial charge < -0.3 is 24.3 Å². The third-order valence-corrected chi connectivity index (χ3v) is 8.84. The third-order valence-electron chi connectivity index (χ3n) is 7.16. The number of ether oxygens (including phenoxy) is 2. The molecule has 42 heavy (non-hydrogen) atoms. The zero-order chi connectivity index (χ0) is 27.6. The number of amides is 1. The van der Waals surface area contributed by atoms with Crippen molar-refractivity contribution in [2.75, 3.05) is 38.2 Å². The zero-order valence-corrected chi connectivity index (χ0v) is 24.9. The molecule has 4 aromatic heterocycles. The smallest absolute Gasteiger partial charge is 0.410 e. The Hall–Kier alpha value is -3.73. The molecule has 10 nitrogen and oxygen atoms in total. The minimum atomic E-state index is -0.274. The second kappa shape index (κ2) is 12.6. The highest BCUT2D eigenvalue weighted by molar-refractivity contribution is 7.20. The number of fused-ring (bicyclic) bond motifs is 2. The summed E-state index contributed by atoms with van der Waals surface area (Å²) >= 11 is 3.17. The van der Waals surface area contributed by atoms with Gasteiger partial charge in [-0.05, 0) is 30.3 Å². The van der Waals surface area contributed by atoms with Crippen LogP contribution in [0.25, 0.3) is 21.1 Å². The van der Waals surface area contributed by atoms with E-state index in [1.165, 1.54) is 0 Å². The lowest BCUT2D eigenvalue weighted by atomic mass is 10.2.